The number of ether oxygens (including phenoxy) is 1. The molecule has 0 radical (unpaired) electrons. The summed E-state index contributed by atoms with van der Waals surface area (Å²) >= 11 is 1.78. The van der Waals surface area contributed by atoms with Crippen LogP contribution in [0.3, 0.4) is 0 Å². The highest BCUT2D eigenvalue weighted by Crippen LogP contribution is 2.29. The summed E-state index contributed by atoms with van der Waals surface area (Å²) in [6.45, 7) is 3.37. The highest BCUT2D eigenvalue weighted by Gasteiger charge is 2.39. The van der Waals surface area contributed by atoms with Crippen molar-refractivity contribution in [2.24, 2.45) is 7.05 Å². The SMILES string of the molecule is CN(C)C(=O)COCC1CN(Cc2cccs2)Cc2ncn(C)c21.O=C(O)C(F)(F)F.O=C(O)C(F)(F)F. The van der Waals surface area contributed by atoms with Crippen molar-refractivity contribution < 1.29 is 55.7 Å². The van der Waals surface area contributed by atoms with Gasteiger partial charge in [0, 0.05) is 57.3 Å². The largest absolute Gasteiger partial charge is 0.490 e. The van der Waals surface area contributed by atoms with Gasteiger partial charge in [0.15, 0.2) is 0 Å². The van der Waals surface area contributed by atoms with Gasteiger partial charge in [-0.15, -0.1) is 11.3 Å². The van der Waals surface area contributed by atoms with Crippen LogP contribution in [0, 0.1) is 0 Å². The summed E-state index contributed by atoms with van der Waals surface area (Å²) < 4.78 is 71.3. The molecule has 214 valence electrons. The Morgan fingerprint density at radius 2 is 1.68 bits per heavy atom. The number of carboxylic acids is 2. The maximum absolute atomic E-state index is 11.7. The molecule has 3 heterocycles. The number of halogens is 6. The zero-order chi connectivity index (χ0) is 29.3. The lowest BCUT2D eigenvalue weighted by Crippen LogP contribution is -2.36. The fraction of sp³-hybridized carbons (Fsp3) is 0.524. The molecule has 1 atom stereocenters. The molecule has 1 aliphatic heterocycles. The predicted molar refractivity (Wildman–Crippen MR) is 121 cm³/mol. The minimum absolute atomic E-state index is 0.00789. The van der Waals surface area contributed by atoms with E-state index in [2.05, 4.69) is 32.0 Å². The molecule has 0 spiro atoms. The Kier molecular flexibility index (Phi) is 12.2. The summed E-state index contributed by atoms with van der Waals surface area (Å²) in [7, 11) is 5.52. The number of carbonyl (C=O) groups excluding carboxylic acids is 1. The Bertz CT molecular complexity index is 1030. The summed E-state index contributed by atoms with van der Waals surface area (Å²) in [6, 6.07) is 4.25. The number of nitrogens with zero attached hydrogens (tertiary/aromatic N) is 4. The molecule has 1 aliphatic rings. The molecule has 0 fully saturated rings. The molecule has 0 aliphatic carbocycles. The number of likely N-dealkylation sites (N-methyl/N-ethyl adjacent to an activating group) is 1. The summed E-state index contributed by atoms with van der Waals surface area (Å²) in [5, 5.41) is 16.4. The first-order valence-electron chi connectivity index (χ1n) is 10.6. The van der Waals surface area contributed by atoms with Gasteiger partial charge >= 0.3 is 24.3 Å². The Balaban J connectivity index is 0.000000426. The number of hydrogen-bond donors (Lipinski definition) is 2. The molecule has 17 heteroatoms. The highest BCUT2D eigenvalue weighted by molar-refractivity contribution is 7.09. The van der Waals surface area contributed by atoms with Gasteiger partial charge in [-0.1, -0.05) is 6.07 Å². The highest BCUT2D eigenvalue weighted by atomic mass is 32.1. The third-order valence-electron chi connectivity index (χ3n) is 4.79. The molecular formula is C21H26F6N4O6S. The van der Waals surface area contributed by atoms with E-state index in [4.69, 9.17) is 24.5 Å². The average molecular weight is 577 g/mol. The first kappa shape index (κ1) is 32.8. The second-order valence-electron chi connectivity index (χ2n) is 8.04. The van der Waals surface area contributed by atoms with Crippen molar-refractivity contribution in [2.75, 3.05) is 33.9 Å². The monoisotopic (exact) mass is 576 g/mol. The van der Waals surface area contributed by atoms with Crippen LogP contribution in [0.2, 0.25) is 0 Å². The number of aryl methyl sites for hydroxylation is 1. The number of aromatic nitrogens is 2. The summed E-state index contributed by atoms with van der Waals surface area (Å²) in [5.41, 5.74) is 2.35. The number of fused-ring (bicyclic) bond motifs is 1. The number of imidazole rings is 1. The summed E-state index contributed by atoms with van der Waals surface area (Å²) in [5.74, 6) is -5.29. The molecule has 0 saturated carbocycles. The molecule has 1 amide bonds. The van der Waals surface area contributed by atoms with Crippen LogP contribution in [-0.4, -0.2) is 93.6 Å². The molecule has 10 nitrogen and oxygen atoms in total. The van der Waals surface area contributed by atoms with Crippen molar-refractivity contribution in [1.29, 1.82) is 0 Å². The van der Waals surface area contributed by atoms with Gasteiger partial charge in [0.25, 0.3) is 0 Å². The van der Waals surface area contributed by atoms with Crippen LogP contribution >= 0.6 is 11.3 Å². The van der Waals surface area contributed by atoms with Crippen LogP contribution in [0.4, 0.5) is 26.3 Å². The van der Waals surface area contributed by atoms with Gasteiger partial charge in [0.2, 0.25) is 5.91 Å². The molecule has 0 saturated heterocycles. The topological polar surface area (TPSA) is 125 Å². The van der Waals surface area contributed by atoms with Crippen molar-refractivity contribution in [2.45, 2.75) is 31.4 Å². The van der Waals surface area contributed by atoms with Crippen LogP contribution < -0.4 is 0 Å². The van der Waals surface area contributed by atoms with Crippen LogP contribution in [-0.2, 0) is 39.3 Å². The fourth-order valence-electron chi connectivity index (χ4n) is 3.10. The first-order chi connectivity index (χ1) is 17.4. The third kappa shape index (κ3) is 11.1. The quantitative estimate of drug-likeness (QED) is 0.503. The Hall–Kier alpha value is -3.18. The number of thiophene rings is 1. The molecule has 3 rings (SSSR count). The second-order valence-corrected chi connectivity index (χ2v) is 9.07. The van der Waals surface area contributed by atoms with Crippen LogP contribution in [0.25, 0.3) is 0 Å². The van der Waals surface area contributed by atoms with Crippen LogP contribution in [0.1, 0.15) is 22.2 Å². The summed E-state index contributed by atoms with van der Waals surface area (Å²) in [6.07, 6.45) is -8.29. The van der Waals surface area contributed by atoms with Gasteiger partial charge in [-0.2, -0.15) is 26.3 Å². The number of rotatable bonds is 6. The van der Waals surface area contributed by atoms with Gasteiger partial charge in [-0.05, 0) is 11.4 Å². The van der Waals surface area contributed by atoms with E-state index >= 15 is 0 Å². The second kappa shape index (κ2) is 14.1. The normalized spacial score (nSPS) is 15.3. The van der Waals surface area contributed by atoms with E-state index in [1.807, 2.05) is 13.4 Å². The van der Waals surface area contributed by atoms with E-state index in [1.165, 1.54) is 10.6 Å². The van der Waals surface area contributed by atoms with Crippen molar-refractivity contribution in [3.05, 3.63) is 40.1 Å². The van der Waals surface area contributed by atoms with Gasteiger partial charge in [-0.3, -0.25) is 9.69 Å². The Morgan fingerprint density at radius 1 is 1.13 bits per heavy atom. The number of aliphatic carboxylic acids is 2. The maximum Gasteiger partial charge on any atom is 0.490 e. The number of carbonyl (C=O) groups is 3. The molecule has 2 aromatic rings. The molecule has 38 heavy (non-hydrogen) atoms. The zero-order valence-electron chi connectivity index (χ0n) is 20.4. The predicted octanol–water partition coefficient (Wildman–Crippen LogP) is 2.95. The maximum atomic E-state index is 11.7. The molecular weight excluding hydrogens is 550 g/mol. The molecule has 0 bridgehead atoms. The molecule has 1 unspecified atom stereocenters. The Labute approximate surface area is 217 Å². The molecule has 2 aromatic heterocycles. The van der Waals surface area contributed by atoms with E-state index in [9.17, 15) is 31.1 Å². The van der Waals surface area contributed by atoms with Gasteiger partial charge < -0.3 is 24.4 Å². The van der Waals surface area contributed by atoms with E-state index < -0.39 is 24.3 Å². The van der Waals surface area contributed by atoms with E-state index in [0.717, 1.165) is 25.3 Å². The number of amides is 1. The smallest absolute Gasteiger partial charge is 0.475 e. The lowest BCUT2D eigenvalue weighted by Gasteiger charge is -2.32. The van der Waals surface area contributed by atoms with Crippen molar-refractivity contribution in [1.82, 2.24) is 19.4 Å². The summed E-state index contributed by atoms with van der Waals surface area (Å²) in [4.78, 5) is 39.4. The van der Waals surface area contributed by atoms with Crippen molar-refractivity contribution in [3.8, 4) is 0 Å². The van der Waals surface area contributed by atoms with Crippen molar-refractivity contribution >= 4 is 29.2 Å². The van der Waals surface area contributed by atoms with Crippen molar-refractivity contribution in [3.63, 3.8) is 0 Å². The van der Waals surface area contributed by atoms with Gasteiger partial charge in [0.05, 0.1) is 18.6 Å². The fourth-order valence-corrected chi connectivity index (χ4v) is 3.85. The lowest BCUT2D eigenvalue weighted by molar-refractivity contribution is -0.193. The van der Waals surface area contributed by atoms with Crippen LogP contribution in [0.15, 0.2) is 23.8 Å². The van der Waals surface area contributed by atoms with E-state index in [-0.39, 0.29) is 18.4 Å². The van der Waals surface area contributed by atoms with E-state index in [0.29, 0.717) is 6.61 Å². The van der Waals surface area contributed by atoms with Crippen LogP contribution in [0.5, 0.6) is 0 Å². The number of hydrogen-bond acceptors (Lipinski definition) is 7. The van der Waals surface area contributed by atoms with Gasteiger partial charge in [-0.25, -0.2) is 14.6 Å². The number of carboxylic acid groups (broad SMARTS) is 2. The zero-order valence-corrected chi connectivity index (χ0v) is 21.2. The third-order valence-corrected chi connectivity index (χ3v) is 5.65. The number of alkyl halides is 6. The molecule has 0 aromatic carbocycles. The van der Waals surface area contributed by atoms with Gasteiger partial charge in [0.1, 0.15) is 6.61 Å². The Morgan fingerprint density at radius 3 is 2.13 bits per heavy atom. The van der Waals surface area contributed by atoms with E-state index in [1.54, 1.807) is 30.3 Å². The first-order valence-corrected chi connectivity index (χ1v) is 11.4. The standard InChI is InChI=1S/C17H24N4O2S.2C2HF3O2/c1-19(2)16(22)11-23-10-13-7-21(8-14-5-4-6-24-14)9-15-17(13)20(3)12-18-15;2*3-2(4,5)1(6)7/h4-6,12-13H,7-11H2,1-3H3;2*(H,6,7). The minimum atomic E-state index is -5.08. The molecule has 2 N–H and O–H groups in total. The minimum Gasteiger partial charge on any atom is -0.475 e. The average Bonchev–Trinajstić information content (AvgIpc) is 3.43. The lowest BCUT2D eigenvalue weighted by atomic mass is 9.99.